The number of hydrogen-bond donors (Lipinski definition) is 2. The number of azo groups is 1. The van der Waals surface area contributed by atoms with E-state index in [2.05, 4.69) is 36.0 Å². The van der Waals surface area contributed by atoms with E-state index in [0.29, 0.717) is 22.2 Å². The third-order valence-corrected chi connectivity index (χ3v) is 4.91. The van der Waals surface area contributed by atoms with Gasteiger partial charge in [0.05, 0.1) is 10.4 Å². The predicted molar refractivity (Wildman–Crippen MR) is 116 cm³/mol. The molecule has 9 nitrogen and oxygen atoms in total. The van der Waals surface area contributed by atoms with Crippen LogP contribution in [0.3, 0.4) is 0 Å². The van der Waals surface area contributed by atoms with Gasteiger partial charge in [0.15, 0.2) is 12.3 Å². The average Bonchev–Trinajstić information content (AvgIpc) is 3.00. The minimum atomic E-state index is -0.657. The van der Waals surface area contributed by atoms with Crippen molar-refractivity contribution >= 4 is 28.2 Å². The highest BCUT2D eigenvalue weighted by Crippen LogP contribution is 2.39. The maximum absolute atomic E-state index is 12.2. The van der Waals surface area contributed by atoms with Crippen LogP contribution in [-0.4, -0.2) is 27.5 Å². The van der Waals surface area contributed by atoms with Gasteiger partial charge < -0.3 is 14.8 Å². The molecule has 3 rings (SSSR count). The Balaban J connectivity index is 1.77. The highest BCUT2D eigenvalue weighted by molar-refractivity contribution is 5.97. The van der Waals surface area contributed by atoms with Gasteiger partial charge in [0.25, 0.3) is 5.69 Å². The number of non-ortho nitro benzene ring substituents is 1. The number of aromatic amines is 1. The standard InChI is InChI=1S/C22H24N4O5/c1-12-8-14(22(3,4)5)6-7-17(12)31-11-18(27)24-25-20-16-10-15(26(29)30)9-13(2)19(16)23-21(20)28/h6-10,23,28H,11H2,1-5H3. The number of rotatable bonds is 5. The number of aryl methyl sites for hydroxylation is 2. The zero-order valence-corrected chi connectivity index (χ0v) is 18.0. The molecule has 0 atom stereocenters. The molecule has 1 aromatic heterocycles. The Kier molecular flexibility index (Phi) is 5.79. The molecular formula is C22H24N4O5. The number of H-pyrrole nitrogens is 1. The van der Waals surface area contributed by atoms with E-state index >= 15 is 0 Å². The van der Waals surface area contributed by atoms with Crippen molar-refractivity contribution in [1.29, 1.82) is 0 Å². The highest BCUT2D eigenvalue weighted by atomic mass is 16.6. The molecule has 1 heterocycles. The summed E-state index contributed by atoms with van der Waals surface area (Å²) in [4.78, 5) is 25.4. The van der Waals surface area contributed by atoms with Crippen molar-refractivity contribution in [3.05, 3.63) is 57.1 Å². The number of nitrogens with one attached hydrogen (secondary N) is 1. The van der Waals surface area contributed by atoms with Crippen molar-refractivity contribution in [2.45, 2.75) is 40.0 Å². The first-order chi connectivity index (χ1) is 14.5. The van der Waals surface area contributed by atoms with Crippen molar-refractivity contribution in [3.8, 4) is 11.6 Å². The van der Waals surface area contributed by atoms with Gasteiger partial charge in [-0.1, -0.05) is 32.9 Å². The molecule has 0 aliphatic carbocycles. The predicted octanol–water partition coefficient (Wildman–Crippen LogP) is 5.39. The second kappa shape index (κ2) is 8.17. The maximum Gasteiger partial charge on any atom is 0.302 e. The molecule has 2 aromatic carbocycles. The van der Waals surface area contributed by atoms with Gasteiger partial charge in [-0.3, -0.25) is 14.9 Å². The number of benzene rings is 2. The molecule has 0 aliphatic heterocycles. The minimum absolute atomic E-state index is 0.00207. The van der Waals surface area contributed by atoms with Crippen LogP contribution in [0, 0.1) is 24.0 Å². The molecule has 0 radical (unpaired) electrons. The first-order valence-electron chi connectivity index (χ1n) is 9.65. The fourth-order valence-electron chi connectivity index (χ4n) is 3.18. The van der Waals surface area contributed by atoms with Crippen LogP contribution >= 0.6 is 0 Å². The molecule has 31 heavy (non-hydrogen) atoms. The first-order valence-corrected chi connectivity index (χ1v) is 9.65. The zero-order chi connectivity index (χ0) is 22.9. The highest BCUT2D eigenvalue weighted by Gasteiger charge is 2.18. The Bertz CT molecular complexity index is 1200. The van der Waals surface area contributed by atoms with Gasteiger partial charge in [-0.05, 0) is 42.0 Å². The lowest BCUT2D eigenvalue weighted by molar-refractivity contribution is -0.384. The largest absolute Gasteiger partial charge is 0.493 e. The van der Waals surface area contributed by atoms with Crippen molar-refractivity contribution in [2.75, 3.05) is 6.61 Å². The van der Waals surface area contributed by atoms with Crippen LogP contribution in [-0.2, 0) is 10.2 Å². The van der Waals surface area contributed by atoms with Crippen LogP contribution in [0.4, 0.5) is 11.4 Å². The van der Waals surface area contributed by atoms with Crippen LogP contribution in [0.25, 0.3) is 10.9 Å². The summed E-state index contributed by atoms with van der Waals surface area (Å²) in [7, 11) is 0. The molecule has 9 heteroatoms. The Morgan fingerprint density at radius 1 is 1.19 bits per heavy atom. The fraction of sp³-hybridized carbons (Fsp3) is 0.318. The van der Waals surface area contributed by atoms with Crippen molar-refractivity contribution < 1.29 is 19.6 Å². The first kappa shape index (κ1) is 21.9. The molecule has 0 fully saturated rings. The Morgan fingerprint density at radius 3 is 2.52 bits per heavy atom. The van der Waals surface area contributed by atoms with Gasteiger partial charge in [-0.25, -0.2) is 0 Å². The summed E-state index contributed by atoms with van der Waals surface area (Å²) in [5.74, 6) is -0.419. The van der Waals surface area contributed by atoms with E-state index in [1.165, 1.54) is 12.1 Å². The Morgan fingerprint density at radius 2 is 1.90 bits per heavy atom. The van der Waals surface area contributed by atoms with Gasteiger partial charge in [-0.15, -0.1) is 10.2 Å². The lowest BCUT2D eigenvalue weighted by atomic mass is 9.86. The second-order valence-corrected chi connectivity index (χ2v) is 8.38. The minimum Gasteiger partial charge on any atom is -0.493 e. The van der Waals surface area contributed by atoms with Gasteiger partial charge in [-0.2, -0.15) is 0 Å². The molecule has 0 aliphatic rings. The summed E-state index contributed by atoms with van der Waals surface area (Å²) < 4.78 is 5.56. The lowest BCUT2D eigenvalue weighted by Gasteiger charge is -2.20. The molecule has 0 bridgehead atoms. The summed E-state index contributed by atoms with van der Waals surface area (Å²) in [5, 5.41) is 28.9. The third kappa shape index (κ3) is 4.71. The normalized spacial score (nSPS) is 11.9. The number of carbonyl (C=O) groups excluding carboxylic acids is 1. The number of ether oxygens (including phenoxy) is 1. The van der Waals surface area contributed by atoms with E-state index in [-0.39, 0.29) is 29.3 Å². The van der Waals surface area contributed by atoms with Gasteiger partial charge >= 0.3 is 5.91 Å². The van der Waals surface area contributed by atoms with E-state index in [1.807, 2.05) is 25.1 Å². The van der Waals surface area contributed by atoms with E-state index in [1.54, 1.807) is 6.92 Å². The summed E-state index contributed by atoms with van der Waals surface area (Å²) in [6, 6.07) is 8.43. The molecule has 162 valence electrons. The van der Waals surface area contributed by atoms with E-state index in [4.69, 9.17) is 4.74 Å². The molecule has 2 N–H and O–H groups in total. The van der Waals surface area contributed by atoms with Crippen molar-refractivity contribution in [2.24, 2.45) is 10.2 Å². The van der Waals surface area contributed by atoms with E-state index < -0.39 is 10.8 Å². The second-order valence-electron chi connectivity index (χ2n) is 8.38. The van der Waals surface area contributed by atoms with Crippen LogP contribution in [0.15, 0.2) is 40.6 Å². The van der Waals surface area contributed by atoms with Gasteiger partial charge in [0, 0.05) is 17.5 Å². The number of carbonyl (C=O) groups is 1. The summed E-state index contributed by atoms with van der Waals surface area (Å²) in [6.45, 7) is 9.57. The van der Waals surface area contributed by atoms with Crippen molar-refractivity contribution in [1.82, 2.24) is 4.98 Å². The molecule has 0 unspecified atom stereocenters. The summed E-state index contributed by atoms with van der Waals surface area (Å²) >= 11 is 0. The molecule has 0 saturated carbocycles. The number of nitrogens with zero attached hydrogens (tertiary/aromatic N) is 3. The third-order valence-electron chi connectivity index (χ3n) is 4.91. The number of aromatic hydroxyl groups is 1. The SMILES string of the molecule is Cc1cc(C(C)(C)C)ccc1OCC(=O)N=Nc1c(O)[nH]c2c(C)cc([N+](=O)[O-])cc12. The number of amides is 1. The zero-order valence-electron chi connectivity index (χ0n) is 18.0. The average molecular weight is 424 g/mol. The molecule has 3 aromatic rings. The smallest absolute Gasteiger partial charge is 0.302 e. The van der Waals surface area contributed by atoms with Gasteiger partial charge in [0.2, 0.25) is 5.88 Å². The van der Waals surface area contributed by atoms with Crippen LogP contribution in [0.2, 0.25) is 0 Å². The van der Waals surface area contributed by atoms with E-state index in [0.717, 1.165) is 11.1 Å². The Hall–Kier alpha value is -3.75. The summed E-state index contributed by atoms with van der Waals surface area (Å²) in [6.07, 6.45) is 0. The van der Waals surface area contributed by atoms with Crippen LogP contribution in [0.1, 0.15) is 37.5 Å². The van der Waals surface area contributed by atoms with Gasteiger partial charge in [0.1, 0.15) is 5.75 Å². The molecular weight excluding hydrogens is 400 g/mol. The molecule has 0 spiro atoms. The number of hydrogen-bond acceptors (Lipinski definition) is 6. The monoisotopic (exact) mass is 424 g/mol. The Labute approximate surface area is 178 Å². The quantitative estimate of drug-likeness (QED) is 0.322. The van der Waals surface area contributed by atoms with E-state index in [9.17, 15) is 20.0 Å². The topological polar surface area (TPSA) is 130 Å². The number of aromatic nitrogens is 1. The maximum atomic E-state index is 12.2. The fourth-order valence-corrected chi connectivity index (χ4v) is 3.18. The van der Waals surface area contributed by atoms with Crippen LogP contribution in [0.5, 0.6) is 11.6 Å². The van der Waals surface area contributed by atoms with Crippen molar-refractivity contribution in [3.63, 3.8) is 0 Å². The lowest BCUT2D eigenvalue weighted by Crippen LogP contribution is -2.12. The van der Waals surface area contributed by atoms with Crippen LogP contribution < -0.4 is 4.74 Å². The number of fused-ring (bicyclic) bond motifs is 1. The molecule has 1 amide bonds. The summed E-state index contributed by atoms with van der Waals surface area (Å²) in [5.41, 5.74) is 2.91. The number of nitro benzene ring substituents is 1. The number of nitro groups is 1. The molecule has 0 saturated heterocycles.